The molecule has 7 heteroatoms. The van der Waals surface area contributed by atoms with Crippen molar-refractivity contribution in [1.29, 1.82) is 0 Å². The standard InChI is InChI=1S/2Ca.H3O4P/c;;1-5(2,3)4/h;;(H3,1,2,3,4)/q2*+2;/p+2. The van der Waals surface area contributed by atoms with Crippen LogP contribution in [0.4, 0.5) is 0 Å². The Balaban J connectivity index is -0.0000000133. The van der Waals surface area contributed by atoms with Gasteiger partial charge in [-0.15, -0.1) is 0 Å². The maximum atomic E-state index is 8.88. The second-order valence-electron chi connectivity index (χ2n) is 0.513. The third kappa shape index (κ3) is 54.9. The van der Waals surface area contributed by atoms with E-state index in [0.717, 1.165) is 0 Å². The zero-order valence-corrected chi connectivity index (χ0v) is 8.92. The van der Waals surface area contributed by atoms with Crippen LogP contribution in [0.2, 0.25) is 0 Å². The molecule has 0 aromatic rings. The summed E-state index contributed by atoms with van der Waals surface area (Å²) in [5.41, 5.74) is 0. The third-order valence-electron chi connectivity index (χ3n) is 0. The fourth-order valence-corrected chi connectivity index (χ4v) is 0. The Morgan fingerprint density at radius 2 is 1.14 bits per heavy atom. The van der Waals surface area contributed by atoms with Gasteiger partial charge in [-0.2, -0.15) is 0 Å². The van der Waals surface area contributed by atoms with Crippen LogP contribution in [0, 0.1) is 0 Å². The maximum absolute atomic E-state index is 8.88. The van der Waals surface area contributed by atoms with Crippen LogP contribution in [-0.2, 0) is 4.57 Å². The van der Waals surface area contributed by atoms with Gasteiger partial charge < -0.3 is 14.7 Å². The van der Waals surface area contributed by atoms with Gasteiger partial charge in [-0.1, -0.05) is 0 Å². The van der Waals surface area contributed by atoms with Crippen LogP contribution >= 0.6 is 7.82 Å². The van der Waals surface area contributed by atoms with Crippen LogP contribution < -0.4 is 0 Å². The minimum absolute atomic E-state index is 0. The smallest absolute Gasteiger partial charge is 0.303 e. The first-order valence-corrected chi connectivity index (χ1v) is 2.35. The molecule has 0 spiro atoms. The van der Waals surface area contributed by atoms with E-state index in [1.54, 1.807) is 0 Å². The van der Waals surface area contributed by atoms with Crippen LogP contribution in [0.15, 0.2) is 0 Å². The summed E-state index contributed by atoms with van der Waals surface area (Å²) in [4.78, 5) is 21.6. The second kappa shape index (κ2) is 6.75. The fourth-order valence-electron chi connectivity index (χ4n) is 0. The van der Waals surface area contributed by atoms with Crippen molar-refractivity contribution in [1.82, 2.24) is 0 Å². The molecule has 4 nitrogen and oxygen atoms in total. The molecular formula is H5Ca2O4P+6. The van der Waals surface area contributed by atoms with E-state index >= 15 is 0 Å². The molecule has 0 saturated carbocycles. The number of phosphoric acid groups is 1. The molecule has 0 aromatic heterocycles. The van der Waals surface area contributed by atoms with Crippen molar-refractivity contribution in [2.24, 2.45) is 0 Å². The Hall–Kier alpha value is 2.63. The van der Waals surface area contributed by atoms with E-state index in [1.165, 1.54) is 0 Å². The van der Waals surface area contributed by atoms with Crippen LogP contribution in [0.3, 0.4) is 0 Å². The molecule has 0 fully saturated rings. The van der Waals surface area contributed by atoms with Crippen molar-refractivity contribution in [2.75, 3.05) is 0 Å². The normalized spacial score (nSPS) is 8.43. The van der Waals surface area contributed by atoms with Crippen LogP contribution in [-0.4, -0.2) is 90.2 Å². The molecule has 0 heterocycles. The fraction of sp³-hybridized carbons (Fsp3) is 0. The Morgan fingerprint density at radius 1 is 1.14 bits per heavy atom. The van der Waals surface area contributed by atoms with Crippen molar-refractivity contribution in [3.05, 3.63) is 0 Å². The van der Waals surface area contributed by atoms with Gasteiger partial charge in [0.05, 0.1) is 0 Å². The quantitative estimate of drug-likeness (QED) is 0.314. The summed E-state index contributed by atoms with van der Waals surface area (Å²) in [7, 11) is -4.64. The molecule has 0 aliphatic heterocycles. The average molecular weight is 180 g/mol. The summed E-state index contributed by atoms with van der Waals surface area (Å²) in [6.45, 7) is 0. The largest absolute Gasteiger partial charge is 2.00 e. The molecule has 0 atom stereocenters. The van der Waals surface area contributed by atoms with Crippen molar-refractivity contribution in [2.45, 2.75) is 0 Å². The van der Waals surface area contributed by atoms with E-state index in [2.05, 4.69) is 0 Å². The molecule has 0 unspecified atom stereocenters. The first-order chi connectivity index (χ1) is 2.00. The average Bonchev–Trinajstić information content (AvgIpc) is 0.722. The molecule has 7 heavy (non-hydrogen) atoms. The van der Waals surface area contributed by atoms with Crippen LogP contribution in [0.1, 0.15) is 2.85 Å². The molecule has 0 aliphatic rings. The Morgan fingerprint density at radius 3 is 1.14 bits per heavy atom. The SMILES string of the molecule is O=P(O)(O)O.[Ca+2].[Ca+2].[H+].[H+]. The Kier molecular flexibility index (Phi) is 15.7. The van der Waals surface area contributed by atoms with Gasteiger partial charge in [0.1, 0.15) is 0 Å². The molecule has 0 amide bonds. The summed E-state index contributed by atoms with van der Waals surface area (Å²) in [5.74, 6) is 0. The van der Waals surface area contributed by atoms with Gasteiger partial charge in [-0.25, -0.2) is 4.57 Å². The minimum atomic E-state index is -4.64. The molecule has 0 rings (SSSR count). The first-order valence-electron chi connectivity index (χ1n) is 0.783. The molecule has 3 N–H and O–H groups in total. The van der Waals surface area contributed by atoms with E-state index in [1.807, 2.05) is 0 Å². The molecule has 32 valence electrons. The van der Waals surface area contributed by atoms with E-state index in [0.29, 0.717) is 0 Å². The van der Waals surface area contributed by atoms with Gasteiger partial charge in [0.2, 0.25) is 0 Å². The third-order valence-corrected chi connectivity index (χ3v) is 0. The van der Waals surface area contributed by atoms with Gasteiger partial charge in [-0.05, 0) is 0 Å². The van der Waals surface area contributed by atoms with E-state index < -0.39 is 7.82 Å². The molecule has 0 saturated heterocycles. The second-order valence-corrected chi connectivity index (χ2v) is 1.54. The van der Waals surface area contributed by atoms with E-state index in [-0.39, 0.29) is 78.3 Å². The van der Waals surface area contributed by atoms with Crippen molar-refractivity contribution in [3.8, 4) is 0 Å². The summed E-state index contributed by atoms with van der Waals surface area (Å²) >= 11 is 0. The van der Waals surface area contributed by atoms with Crippen molar-refractivity contribution < 1.29 is 22.1 Å². The molecule has 0 aromatic carbocycles. The summed E-state index contributed by atoms with van der Waals surface area (Å²) in [6.07, 6.45) is 0. The monoisotopic (exact) mass is 180 g/mol. The maximum Gasteiger partial charge on any atom is 2.00 e. The molecule has 0 radical (unpaired) electrons. The van der Waals surface area contributed by atoms with E-state index in [4.69, 9.17) is 19.2 Å². The topological polar surface area (TPSA) is 77.8 Å². The number of rotatable bonds is 0. The zero-order chi connectivity index (χ0) is 4.50. The van der Waals surface area contributed by atoms with Gasteiger partial charge >= 0.3 is 86.2 Å². The predicted octanol–water partition coefficient (Wildman–Crippen LogP) is -1.47. The van der Waals surface area contributed by atoms with Crippen molar-refractivity contribution >= 4 is 83.3 Å². The minimum Gasteiger partial charge on any atom is -0.303 e. The van der Waals surface area contributed by atoms with Crippen LogP contribution in [0.25, 0.3) is 0 Å². The number of hydrogen-bond donors (Lipinski definition) is 3. The van der Waals surface area contributed by atoms with E-state index in [9.17, 15) is 0 Å². The zero-order valence-electron chi connectivity index (χ0n) is 5.61. The van der Waals surface area contributed by atoms with Gasteiger partial charge in [0.15, 0.2) is 0 Å². The van der Waals surface area contributed by atoms with Gasteiger partial charge in [0, 0.05) is 0 Å². The summed E-state index contributed by atoms with van der Waals surface area (Å²) in [5, 5.41) is 0. The number of hydrogen-bond acceptors (Lipinski definition) is 1. The van der Waals surface area contributed by atoms with Gasteiger partial charge in [-0.3, -0.25) is 0 Å². The van der Waals surface area contributed by atoms with Gasteiger partial charge in [0.25, 0.3) is 0 Å². The Labute approximate surface area is 104 Å². The van der Waals surface area contributed by atoms with Crippen molar-refractivity contribution in [3.63, 3.8) is 0 Å². The molecule has 0 aliphatic carbocycles. The summed E-state index contributed by atoms with van der Waals surface area (Å²) < 4.78 is 8.88. The molecular weight excluding hydrogens is 175 g/mol. The molecule has 0 bridgehead atoms. The Bertz CT molecular complexity index is 62.7. The van der Waals surface area contributed by atoms with Crippen LogP contribution in [0.5, 0.6) is 0 Å². The first kappa shape index (κ1) is 16.3. The predicted molar refractivity (Wildman–Crippen MR) is 28.0 cm³/mol. The summed E-state index contributed by atoms with van der Waals surface area (Å²) in [6, 6.07) is 0.